The van der Waals surface area contributed by atoms with Gasteiger partial charge in [0.05, 0.1) is 19.9 Å². The van der Waals surface area contributed by atoms with Crippen LogP contribution in [0.1, 0.15) is 25.0 Å². The van der Waals surface area contributed by atoms with Crippen molar-refractivity contribution in [1.82, 2.24) is 15.1 Å². The van der Waals surface area contributed by atoms with E-state index in [1.54, 1.807) is 24.9 Å². The molecule has 0 saturated carbocycles. The summed E-state index contributed by atoms with van der Waals surface area (Å²) in [6.07, 6.45) is 3.50. The molecule has 126 valence electrons. The number of nitrogens with one attached hydrogen (secondary N) is 1. The van der Waals surface area contributed by atoms with Crippen molar-refractivity contribution < 1.29 is 14.6 Å². The predicted molar refractivity (Wildman–Crippen MR) is 88.6 cm³/mol. The van der Waals surface area contributed by atoms with Crippen molar-refractivity contribution in [3.63, 3.8) is 0 Å². The molecule has 1 unspecified atom stereocenters. The number of rotatable bonds is 8. The normalized spacial score (nSPS) is 13.6. The summed E-state index contributed by atoms with van der Waals surface area (Å²) in [7, 11) is 3.46. The van der Waals surface area contributed by atoms with E-state index in [2.05, 4.69) is 10.4 Å². The van der Waals surface area contributed by atoms with E-state index in [1.807, 2.05) is 38.4 Å². The summed E-state index contributed by atoms with van der Waals surface area (Å²) >= 11 is 0. The van der Waals surface area contributed by atoms with Gasteiger partial charge in [0, 0.05) is 31.9 Å². The Kier molecular flexibility index (Phi) is 5.63. The van der Waals surface area contributed by atoms with Crippen LogP contribution in [0.2, 0.25) is 0 Å². The van der Waals surface area contributed by atoms with Crippen molar-refractivity contribution in [3.05, 3.63) is 41.7 Å². The van der Waals surface area contributed by atoms with E-state index in [0.29, 0.717) is 19.7 Å². The van der Waals surface area contributed by atoms with E-state index < -0.39 is 5.60 Å². The SMILES string of the molecule is CCOc1cc(CNCC(C)(O)c2cnn(C)c2)ccc1OC. The fraction of sp³-hybridized carbons (Fsp3) is 0.471. The summed E-state index contributed by atoms with van der Waals surface area (Å²) in [5, 5.41) is 17.9. The van der Waals surface area contributed by atoms with Gasteiger partial charge in [0.1, 0.15) is 5.60 Å². The van der Waals surface area contributed by atoms with Crippen molar-refractivity contribution in [2.24, 2.45) is 7.05 Å². The minimum absolute atomic E-state index is 0.425. The second kappa shape index (κ2) is 7.48. The Balaban J connectivity index is 1.97. The maximum atomic E-state index is 10.5. The van der Waals surface area contributed by atoms with E-state index in [4.69, 9.17) is 9.47 Å². The van der Waals surface area contributed by atoms with Crippen molar-refractivity contribution in [1.29, 1.82) is 0 Å². The Morgan fingerprint density at radius 3 is 2.74 bits per heavy atom. The maximum Gasteiger partial charge on any atom is 0.161 e. The minimum atomic E-state index is -0.969. The second-order valence-electron chi connectivity index (χ2n) is 5.70. The molecule has 0 bridgehead atoms. The monoisotopic (exact) mass is 319 g/mol. The molecule has 0 saturated heterocycles. The van der Waals surface area contributed by atoms with Crippen LogP contribution < -0.4 is 14.8 Å². The lowest BCUT2D eigenvalue weighted by Gasteiger charge is -2.22. The Hall–Kier alpha value is -2.05. The van der Waals surface area contributed by atoms with Gasteiger partial charge in [-0.1, -0.05) is 6.07 Å². The molecule has 6 heteroatoms. The molecule has 1 aromatic heterocycles. The van der Waals surface area contributed by atoms with E-state index in [-0.39, 0.29) is 0 Å². The number of nitrogens with zero attached hydrogens (tertiary/aromatic N) is 2. The largest absolute Gasteiger partial charge is 0.493 e. The molecule has 2 rings (SSSR count). The summed E-state index contributed by atoms with van der Waals surface area (Å²) in [6, 6.07) is 5.82. The van der Waals surface area contributed by atoms with Crippen LogP contribution in [0.3, 0.4) is 0 Å². The third kappa shape index (κ3) is 4.46. The highest BCUT2D eigenvalue weighted by Gasteiger charge is 2.24. The van der Waals surface area contributed by atoms with E-state index in [1.165, 1.54) is 0 Å². The molecule has 0 amide bonds. The highest BCUT2D eigenvalue weighted by Crippen LogP contribution is 2.28. The molecule has 0 fully saturated rings. The van der Waals surface area contributed by atoms with E-state index in [0.717, 1.165) is 22.6 Å². The molecule has 23 heavy (non-hydrogen) atoms. The Bertz CT molecular complexity index is 638. The van der Waals surface area contributed by atoms with Gasteiger partial charge in [-0.05, 0) is 31.5 Å². The molecule has 2 aromatic rings. The maximum absolute atomic E-state index is 10.5. The number of methoxy groups -OCH3 is 1. The molecule has 0 radical (unpaired) electrons. The zero-order valence-corrected chi connectivity index (χ0v) is 14.2. The number of ether oxygens (including phenoxy) is 2. The van der Waals surface area contributed by atoms with Crippen molar-refractivity contribution in [2.45, 2.75) is 26.0 Å². The number of aryl methyl sites for hydroxylation is 1. The molecule has 0 aliphatic carbocycles. The first-order valence-corrected chi connectivity index (χ1v) is 7.68. The Morgan fingerprint density at radius 1 is 1.35 bits per heavy atom. The molecule has 1 aromatic carbocycles. The highest BCUT2D eigenvalue weighted by atomic mass is 16.5. The second-order valence-corrected chi connectivity index (χ2v) is 5.70. The molecular formula is C17H25N3O3. The molecular weight excluding hydrogens is 294 g/mol. The van der Waals surface area contributed by atoms with Crippen molar-refractivity contribution >= 4 is 0 Å². The summed E-state index contributed by atoms with van der Waals surface area (Å²) < 4.78 is 12.5. The van der Waals surface area contributed by atoms with Gasteiger partial charge in [-0.3, -0.25) is 4.68 Å². The zero-order chi connectivity index (χ0) is 16.9. The molecule has 0 aliphatic rings. The van der Waals surface area contributed by atoms with Gasteiger partial charge in [-0.15, -0.1) is 0 Å². The quantitative estimate of drug-likeness (QED) is 0.777. The van der Waals surface area contributed by atoms with Crippen LogP contribution in [0.5, 0.6) is 11.5 Å². The average molecular weight is 319 g/mol. The summed E-state index contributed by atoms with van der Waals surface area (Å²) in [6.45, 7) is 5.35. The van der Waals surface area contributed by atoms with Gasteiger partial charge >= 0.3 is 0 Å². The van der Waals surface area contributed by atoms with Gasteiger partial charge in [-0.25, -0.2) is 0 Å². The van der Waals surface area contributed by atoms with Crippen LogP contribution >= 0.6 is 0 Å². The predicted octanol–water partition coefficient (Wildman–Crippen LogP) is 1.82. The third-order valence-corrected chi connectivity index (χ3v) is 3.65. The number of hydrogen-bond donors (Lipinski definition) is 2. The summed E-state index contributed by atoms with van der Waals surface area (Å²) in [4.78, 5) is 0. The van der Waals surface area contributed by atoms with Gasteiger partial charge in [0.15, 0.2) is 11.5 Å². The minimum Gasteiger partial charge on any atom is -0.493 e. The first kappa shape index (κ1) is 17.3. The van der Waals surface area contributed by atoms with Crippen LogP contribution in [-0.2, 0) is 19.2 Å². The Labute approximate surface area is 137 Å². The molecule has 0 spiro atoms. The molecule has 6 nitrogen and oxygen atoms in total. The fourth-order valence-electron chi connectivity index (χ4n) is 2.35. The molecule has 2 N–H and O–H groups in total. The van der Waals surface area contributed by atoms with Crippen LogP contribution in [0.25, 0.3) is 0 Å². The molecule has 0 aliphatic heterocycles. The van der Waals surface area contributed by atoms with Crippen LogP contribution in [-0.4, -0.2) is 35.1 Å². The summed E-state index contributed by atoms with van der Waals surface area (Å²) in [5.41, 5.74) is 0.886. The first-order valence-electron chi connectivity index (χ1n) is 7.68. The van der Waals surface area contributed by atoms with Crippen molar-refractivity contribution in [3.8, 4) is 11.5 Å². The average Bonchev–Trinajstić information content (AvgIpc) is 2.95. The van der Waals surface area contributed by atoms with Gasteiger partial charge in [0.25, 0.3) is 0 Å². The smallest absolute Gasteiger partial charge is 0.161 e. The molecule has 1 heterocycles. The number of benzene rings is 1. The zero-order valence-electron chi connectivity index (χ0n) is 14.2. The number of hydrogen-bond acceptors (Lipinski definition) is 5. The lowest BCUT2D eigenvalue weighted by Crippen LogP contribution is -2.34. The summed E-state index contributed by atoms with van der Waals surface area (Å²) in [5.74, 6) is 1.45. The topological polar surface area (TPSA) is 68.5 Å². The standard InChI is InChI=1S/C17H25N3O3/c1-5-23-16-8-13(6-7-15(16)22-4)9-18-12-17(2,21)14-10-19-20(3)11-14/h6-8,10-11,18,21H,5,9,12H2,1-4H3. The number of aromatic nitrogens is 2. The van der Waals surface area contributed by atoms with E-state index in [9.17, 15) is 5.11 Å². The lowest BCUT2D eigenvalue weighted by molar-refractivity contribution is 0.0566. The van der Waals surface area contributed by atoms with Gasteiger partial charge in [-0.2, -0.15) is 5.10 Å². The van der Waals surface area contributed by atoms with Gasteiger partial charge < -0.3 is 19.9 Å². The first-order chi connectivity index (χ1) is 11.0. The fourth-order valence-corrected chi connectivity index (χ4v) is 2.35. The van der Waals surface area contributed by atoms with E-state index >= 15 is 0 Å². The Morgan fingerprint density at radius 2 is 2.13 bits per heavy atom. The third-order valence-electron chi connectivity index (χ3n) is 3.65. The van der Waals surface area contributed by atoms with Gasteiger partial charge in [0.2, 0.25) is 0 Å². The van der Waals surface area contributed by atoms with Crippen molar-refractivity contribution in [2.75, 3.05) is 20.3 Å². The van der Waals surface area contributed by atoms with Crippen LogP contribution in [0.15, 0.2) is 30.6 Å². The lowest BCUT2D eigenvalue weighted by atomic mass is 9.99. The van der Waals surface area contributed by atoms with Crippen LogP contribution in [0.4, 0.5) is 0 Å². The molecule has 1 atom stereocenters. The van der Waals surface area contributed by atoms with Crippen LogP contribution in [0, 0.1) is 0 Å². The highest BCUT2D eigenvalue weighted by molar-refractivity contribution is 5.42. The number of aliphatic hydroxyl groups is 1.